The monoisotopic (exact) mass is 342 g/mol. The number of benzene rings is 1. The van der Waals surface area contributed by atoms with Gasteiger partial charge in [0.2, 0.25) is 11.8 Å². The molecule has 3 saturated heterocycles. The number of ether oxygens (including phenoxy) is 1. The Labute approximate surface area is 142 Å². The van der Waals surface area contributed by atoms with Crippen molar-refractivity contribution in [2.45, 2.75) is 31.6 Å². The van der Waals surface area contributed by atoms with Crippen LogP contribution in [-0.4, -0.2) is 38.8 Å². The zero-order valence-electron chi connectivity index (χ0n) is 13.2. The number of aromatic nitrogens is 3. The molecule has 0 radical (unpaired) electrons. The molecular formula is C17H15FN4O3. The minimum Gasteiger partial charge on any atom is -0.373 e. The van der Waals surface area contributed by atoms with Gasteiger partial charge in [-0.25, -0.2) is 14.0 Å². The first kappa shape index (κ1) is 14.7. The van der Waals surface area contributed by atoms with E-state index >= 15 is 0 Å². The number of hydrogen-bond acceptors (Lipinski definition) is 5. The van der Waals surface area contributed by atoms with Crippen LogP contribution in [0, 0.1) is 17.7 Å². The Balaban J connectivity index is 1.40. The highest BCUT2D eigenvalue weighted by molar-refractivity contribution is 6.21. The lowest BCUT2D eigenvalue weighted by Crippen LogP contribution is -2.35. The maximum Gasteiger partial charge on any atom is 0.258 e. The SMILES string of the molecule is O=C1[C@@H]2[C@@H](C(=O)N1c1ncn(Cc3cccc(F)c3)n1)[C@@H]1CC[C@@H]2O1. The molecule has 0 N–H and O–H groups in total. The van der Waals surface area contributed by atoms with Crippen LogP contribution < -0.4 is 4.90 Å². The first-order valence-corrected chi connectivity index (χ1v) is 8.29. The zero-order valence-corrected chi connectivity index (χ0v) is 13.2. The van der Waals surface area contributed by atoms with Gasteiger partial charge < -0.3 is 4.74 Å². The molecule has 4 atom stereocenters. The molecule has 2 bridgehead atoms. The standard InChI is InChI=1S/C17H15FN4O3/c18-10-3-1-2-9(6-10)7-21-8-19-17(20-21)22-15(23)13-11-4-5-12(25-11)14(13)16(22)24/h1-3,6,8,11-14H,4-5,7H2/t11-,12-,13-,14-/m0/s1. The van der Waals surface area contributed by atoms with Crippen LogP contribution in [-0.2, 0) is 20.9 Å². The normalized spacial score (nSPS) is 30.4. The van der Waals surface area contributed by atoms with Crippen molar-refractivity contribution in [3.63, 3.8) is 0 Å². The van der Waals surface area contributed by atoms with Crippen molar-refractivity contribution in [2.24, 2.45) is 11.8 Å². The molecule has 1 aromatic carbocycles. The smallest absolute Gasteiger partial charge is 0.258 e. The first-order valence-electron chi connectivity index (χ1n) is 8.29. The van der Waals surface area contributed by atoms with Gasteiger partial charge in [-0.05, 0) is 30.5 Å². The summed E-state index contributed by atoms with van der Waals surface area (Å²) in [6, 6.07) is 6.17. The average molecular weight is 342 g/mol. The minimum absolute atomic E-state index is 0.0835. The summed E-state index contributed by atoms with van der Waals surface area (Å²) in [5, 5.41) is 4.24. The predicted molar refractivity (Wildman–Crippen MR) is 82.9 cm³/mol. The fourth-order valence-electron chi connectivity index (χ4n) is 4.19. The maximum atomic E-state index is 13.3. The molecule has 0 unspecified atom stereocenters. The van der Waals surface area contributed by atoms with E-state index in [0.29, 0.717) is 6.54 Å². The van der Waals surface area contributed by atoms with Crippen LogP contribution in [0.4, 0.5) is 10.3 Å². The Hall–Kier alpha value is -2.61. The lowest BCUT2D eigenvalue weighted by Gasteiger charge is -2.14. The fraction of sp³-hybridized carbons (Fsp3) is 0.412. The number of hydrogen-bond donors (Lipinski definition) is 0. The third-order valence-electron chi connectivity index (χ3n) is 5.24. The predicted octanol–water partition coefficient (Wildman–Crippen LogP) is 1.13. The second-order valence-electron chi connectivity index (χ2n) is 6.73. The number of carbonyl (C=O) groups is 2. The number of halogens is 1. The van der Waals surface area contributed by atoms with Crippen LogP contribution >= 0.6 is 0 Å². The van der Waals surface area contributed by atoms with E-state index in [-0.39, 0.29) is 35.8 Å². The Morgan fingerprint density at radius 1 is 1.16 bits per heavy atom. The van der Waals surface area contributed by atoms with Gasteiger partial charge >= 0.3 is 0 Å². The molecule has 5 rings (SSSR count). The highest BCUT2D eigenvalue weighted by atomic mass is 19.1. The zero-order chi connectivity index (χ0) is 17.1. The van der Waals surface area contributed by atoms with E-state index in [2.05, 4.69) is 10.1 Å². The molecule has 3 aliphatic rings. The van der Waals surface area contributed by atoms with Gasteiger partial charge in [-0.1, -0.05) is 12.1 Å². The summed E-state index contributed by atoms with van der Waals surface area (Å²) in [6.07, 6.45) is 2.76. The molecule has 0 spiro atoms. The van der Waals surface area contributed by atoms with Gasteiger partial charge in [0.1, 0.15) is 12.1 Å². The molecular weight excluding hydrogens is 327 g/mol. The highest BCUT2D eigenvalue weighted by Crippen LogP contribution is 2.48. The van der Waals surface area contributed by atoms with Gasteiger partial charge in [0, 0.05) is 0 Å². The summed E-state index contributed by atoms with van der Waals surface area (Å²) in [5.41, 5.74) is 0.721. The summed E-state index contributed by atoms with van der Waals surface area (Å²) < 4.78 is 20.5. The van der Waals surface area contributed by atoms with Gasteiger partial charge in [0.25, 0.3) is 5.95 Å². The van der Waals surface area contributed by atoms with Gasteiger partial charge in [-0.3, -0.25) is 9.59 Å². The molecule has 1 aromatic heterocycles. The van der Waals surface area contributed by atoms with Crippen LogP contribution in [0.2, 0.25) is 0 Å². The maximum absolute atomic E-state index is 13.3. The van der Waals surface area contributed by atoms with E-state index in [9.17, 15) is 14.0 Å². The topological polar surface area (TPSA) is 77.3 Å². The Kier molecular flexibility index (Phi) is 3.05. The summed E-state index contributed by atoms with van der Waals surface area (Å²) in [4.78, 5) is 30.6. The molecule has 0 saturated carbocycles. The van der Waals surface area contributed by atoms with E-state index < -0.39 is 11.8 Å². The van der Waals surface area contributed by atoms with Crippen molar-refractivity contribution in [1.29, 1.82) is 0 Å². The van der Waals surface area contributed by atoms with E-state index in [1.807, 2.05) is 0 Å². The summed E-state index contributed by atoms with van der Waals surface area (Å²) >= 11 is 0. The molecule has 2 amide bonds. The highest BCUT2D eigenvalue weighted by Gasteiger charge is 2.63. The number of carbonyl (C=O) groups excluding carboxylic acids is 2. The van der Waals surface area contributed by atoms with Crippen LogP contribution in [0.15, 0.2) is 30.6 Å². The van der Waals surface area contributed by atoms with Gasteiger partial charge in [-0.15, -0.1) is 5.10 Å². The second kappa shape index (κ2) is 5.19. The number of rotatable bonds is 3. The number of amides is 2. The summed E-state index contributed by atoms with van der Waals surface area (Å²) in [7, 11) is 0. The van der Waals surface area contributed by atoms with Crippen LogP contribution in [0.3, 0.4) is 0 Å². The third kappa shape index (κ3) is 2.13. The Morgan fingerprint density at radius 3 is 2.56 bits per heavy atom. The lowest BCUT2D eigenvalue weighted by atomic mass is 9.81. The molecule has 4 heterocycles. The fourth-order valence-corrected chi connectivity index (χ4v) is 4.19. The second-order valence-corrected chi connectivity index (χ2v) is 6.73. The molecule has 25 heavy (non-hydrogen) atoms. The van der Waals surface area contributed by atoms with Gasteiger partial charge in [0.15, 0.2) is 0 Å². The van der Waals surface area contributed by atoms with Crippen molar-refractivity contribution in [2.75, 3.05) is 4.90 Å². The number of anilines is 1. The van der Waals surface area contributed by atoms with Crippen molar-refractivity contribution in [3.05, 3.63) is 42.0 Å². The van der Waals surface area contributed by atoms with E-state index in [4.69, 9.17) is 4.74 Å². The largest absolute Gasteiger partial charge is 0.373 e. The van der Waals surface area contributed by atoms with Crippen molar-refractivity contribution >= 4 is 17.8 Å². The molecule has 0 aliphatic carbocycles. The Morgan fingerprint density at radius 2 is 1.88 bits per heavy atom. The van der Waals surface area contributed by atoms with Crippen LogP contribution in [0.5, 0.6) is 0 Å². The summed E-state index contributed by atoms with van der Waals surface area (Å²) in [6.45, 7) is 0.308. The number of fused-ring (bicyclic) bond motifs is 5. The van der Waals surface area contributed by atoms with Gasteiger partial charge in [-0.2, -0.15) is 4.98 Å². The lowest BCUT2D eigenvalue weighted by molar-refractivity contribution is -0.124. The minimum atomic E-state index is -0.401. The van der Waals surface area contributed by atoms with E-state index in [1.54, 1.807) is 12.1 Å². The Bertz CT molecular complexity index is 854. The molecule has 128 valence electrons. The first-order chi connectivity index (χ1) is 12.1. The number of nitrogens with zero attached hydrogens (tertiary/aromatic N) is 4. The third-order valence-corrected chi connectivity index (χ3v) is 5.24. The molecule has 3 aliphatic heterocycles. The summed E-state index contributed by atoms with van der Waals surface area (Å²) in [5.74, 6) is -1.59. The van der Waals surface area contributed by atoms with E-state index in [1.165, 1.54) is 23.1 Å². The van der Waals surface area contributed by atoms with E-state index in [0.717, 1.165) is 23.3 Å². The molecule has 3 fully saturated rings. The van der Waals surface area contributed by atoms with Gasteiger partial charge in [0.05, 0.1) is 30.6 Å². The molecule has 7 nitrogen and oxygen atoms in total. The van der Waals surface area contributed by atoms with Crippen molar-refractivity contribution < 1.29 is 18.7 Å². The van der Waals surface area contributed by atoms with Crippen LogP contribution in [0.1, 0.15) is 18.4 Å². The molecule has 2 aromatic rings. The molecule has 8 heteroatoms. The average Bonchev–Trinajstić information content (AvgIpc) is 3.33. The van der Waals surface area contributed by atoms with Crippen molar-refractivity contribution in [3.8, 4) is 0 Å². The number of imide groups is 1. The van der Waals surface area contributed by atoms with Crippen LogP contribution in [0.25, 0.3) is 0 Å². The quantitative estimate of drug-likeness (QED) is 0.782. The van der Waals surface area contributed by atoms with Crippen molar-refractivity contribution in [1.82, 2.24) is 14.8 Å².